The first kappa shape index (κ1) is 16.3. The van der Waals surface area contributed by atoms with E-state index in [9.17, 15) is 15.3 Å². The highest BCUT2D eigenvalue weighted by Gasteiger charge is 2.23. The van der Waals surface area contributed by atoms with Crippen LogP contribution < -0.4 is 11.3 Å². The average Bonchev–Trinajstić information content (AvgIpc) is 2.51. The quantitative estimate of drug-likeness (QED) is 0.844. The van der Waals surface area contributed by atoms with Gasteiger partial charge in [-0.2, -0.15) is 10.5 Å². The van der Waals surface area contributed by atoms with E-state index in [1.165, 1.54) is 5.56 Å². The van der Waals surface area contributed by atoms with Gasteiger partial charge < -0.3 is 10.7 Å². The lowest BCUT2D eigenvalue weighted by molar-refractivity contribution is 1.16. The van der Waals surface area contributed by atoms with Crippen molar-refractivity contribution in [3.8, 4) is 23.3 Å². The predicted octanol–water partition coefficient (Wildman–Crippen LogP) is 2.91. The van der Waals surface area contributed by atoms with E-state index < -0.39 is 5.56 Å². The Morgan fingerprint density at radius 3 is 1.65 bits per heavy atom. The van der Waals surface area contributed by atoms with Crippen molar-refractivity contribution in [2.75, 3.05) is 5.73 Å². The Hall–Kier alpha value is -3.05. The van der Waals surface area contributed by atoms with Crippen molar-refractivity contribution in [3.05, 3.63) is 49.3 Å². The van der Waals surface area contributed by atoms with E-state index in [2.05, 4.69) is 4.98 Å². The van der Waals surface area contributed by atoms with E-state index in [0.29, 0.717) is 5.56 Å². The molecule has 2 aromatic rings. The van der Waals surface area contributed by atoms with E-state index in [0.717, 1.165) is 27.8 Å². The fourth-order valence-electron chi connectivity index (χ4n) is 2.97. The lowest BCUT2D eigenvalue weighted by atomic mass is 9.83. The van der Waals surface area contributed by atoms with Crippen LogP contribution >= 0.6 is 0 Å². The van der Waals surface area contributed by atoms with E-state index in [1.54, 1.807) is 0 Å². The fourth-order valence-corrected chi connectivity index (χ4v) is 2.97. The van der Waals surface area contributed by atoms with E-state index in [-0.39, 0.29) is 16.9 Å². The molecule has 0 fully saturated rings. The molecule has 0 unspecified atom stereocenters. The highest BCUT2D eigenvalue weighted by atomic mass is 16.1. The number of nitrogens with one attached hydrogen (secondary N) is 1. The summed E-state index contributed by atoms with van der Waals surface area (Å²) >= 11 is 0. The molecule has 0 saturated carbocycles. The zero-order chi connectivity index (χ0) is 17.5. The lowest BCUT2D eigenvalue weighted by Gasteiger charge is -2.20. The molecule has 0 atom stereocenters. The van der Waals surface area contributed by atoms with Gasteiger partial charge in [0.15, 0.2) is 0 Å². The number of hydrogen-bond acceptors (Lipinski definition) is 4. The molecule has 5 heteroatoms. The second kappa shape index (κ2) is 5.62. The molecule has 116 valence electrons. The number of aromatic amines is 1. The van der Waals surface area contributed by atoms with Crippen molar-refractivity contribution in [2.45, 2.75) is 34.6 Å². The summed E-state index contributed by atoms with van der Waals surface area (Å²) in [7, 11) is 0. The van der Waals surface area contributed by atoms with Crippen molar-refractivity contribution in [1.82, 2.24) is 4.98 Å². The minimum Gasteiger partial charge on any atom is -0.384 e. The van der Waals surface area contributed by atoms with Crippen LogP contribution in [-0.2, 0) is 0 Å². The van der Waals surface area contributed by atoms with Gasteiger partial charge in [-0.3, -0.25) is 4.79 Å². The highest BCUT2D eigenvalue weighted by molar-refractivity contribution is 5.85. The van der Waals surface area contributed by atoms with Crippen LogP contribution in [0.25, 0.3) is 11.1 Å². The molecule has 0 amide bonds. The summed E-state index contributed by atoms with van der Waals surface area (Å²) in [4.78, 5) is 14.5. The zero-order valence-corrected chi connectivity index (χ0v) is 13.9. The van der Waals surface area contributed by atoms with Crippen LogP contribution in [0.3, 0.4) is 0 Å². The zero-order valence-electron chi connectivity index (χ0n) is 13.9. The van der Waals surface area contributed by atoms with Gasteiger partial charge in [0, 0.05) is 5.56 Å². The molecule has 23 heavy (non-hydrogen) atoms. The Morgan fingerprint density at radius 2 is 1.22 bits per heavy atom. The number of benzene rings is 1. The minimum atomic E-state index is -0.575. The SMILES string of the molecule is Cc1c(C)c(C)c(-c2c(C#N)c(N)[nH]c(=O)c2C#N)c(C)c1C. The number of pyridine rings is 1. The number of H-pyrrole nitrogens is 1. The summed E-state index contributed by atoms with van der Waals surface area (Å²) in [6, 6.07) is 3.95. The molecule has 1 heterocycles. The maximum absolute atomic E-state index is 12.1. The Balaban J connectivity index is 3.16. The van der Waals surface area contributed by atoms with Gasteiger partial charge >= 0.3 is 0 Å². The van der Waals surface area contributed by atoms with Crippen LogP contribution in [0.5, 0.6) is 0 Å². The number of nitriles is 2. The second-order valence-corrected chi connectivity index (χ2v) is 5.72. The summed E-state index contributed by atoms with van der Waals surface area (Å²) in [5, 5.41) is 18.9. The van der Waals surface area contributed by atoms with E-state index >= 15 is 0 Å². The minimum absolute atomic E-state index is 0.0128. The van der Waals surface area contributed by atoms with Gasteiger partial charge in [0.1, 0.15) is 29.1 Å². The lowest BCUT2D eigenvalue weighted by Crippen LogP contribution is -2.17. The molecule has 2 rings (SSSR count). The summed E-state index contributed by atoms with van der Waals surface area (Å²) < 4.78 is 0. The van der Waals surface area contributed by atoms with Crippen LogP contribution in [0.15, 0.2) is 4.79 Å². The van der Waals surface area contributed by atoms with Crippen LogP contribution in [0.1, 0.15) is 38.9 Å². The van der Waals surface area contributed by atoms with Gasteiger partial charge in [-0.25, -0.2) is 0 Å². The van der Waals surface area contributed by atoms with Gasteiger partial charge in [-0.05, 0) is 68.0 Å². The standard InChI is InChI=1S/C18H18N4O/c1-8-9(2)11(4)15(12(5)10(8)3)16-13(6-19)17(21)22-18(23)14(16)7-20/h1-5H3,(H3,21,22,23). The number of nitrogens with two attached hydrogens (primary N) is 1. The van der Waals surface area contributed by atoms with E-state index in [4.69, 9.17) is 5.73 Å². The summed E-state index contributed by atoms with van der Waals surface area (Å²) in [5.74, 6) is -0.0128. The molecule has 1 aromatic heterocycles. The van der Waals surface area contributed by atoms with Gasteiger partial charge in [0.05, 0.1) is 0 Å². The number of rotatable bonds is 1. The second-order valence-electron chi connectivity index (χ2n) is 5.72. The topological polar surface area (TPSA) is 106 Å². The molecule has 0 aliphatic rings. The molecular weight excluding hydrogens is 288 g/mol. The molecule has 5 nitrogen and oxygen atoms in total. The number of aromatic nitrogens is 1. The maximum atomic E-state index is 12.1. The largest absolute Gasteiger partial charge is 0.384 e. The number of hydrogen-bond donors (Lipinski definition) is 2. The molecule has 0 bridgehead atoms. The Morgan fingerprint density at radius 1 is 0.783 bits per heavy atom. The first-order chi connectivity index (χ1) is 10.8. The van der Waals surface area contributed by atoms with Crippen LogP contribution in [-0.4, -0.2) is 4.98 Å². The smallest absolute Gasteiger partial charge is 0.268 e. The Labute approximate surface area is 135 Å². The van der Waals surface area contributed by atoms with Crippen molar-refractivity contribution >= 4 is 5.82 Å². The Bertz CT molecular complexity index is 940. The average molecular weight is 306 g/mol. The fraction of sp³-hybridized carbons (Fsp3) is 0.278. The molecule has 0 radical (unpaired) electrons. The van der Waals surface area contributed by atoms with Crippen molar-refractivity contribution < 1.29 is 0 Å². The molecular formula is C18H18N4O. The van der Waals surface area contributed by atoms with Crippen LogP contribution in [0.2, 0.25) is 0 Å². The summed E-state index contributed by atoms with van der Waals surface area (Å²) in [6.07, 6.45) is 0. The van der Waals surface area contributed by atoms with Crippen molar-refractivity contribution in [2.24, 2.45) is 0 Å². The molecule has 3 N–H and O–H groups in total. The maximum Gasteiger partial charge on any atom is 0.268 e. The molecule has 0 aliphatic carbocycles. The summed E-state index contributed by atoms with van der Waals surface area (Å²) in [5.41, 5.74) is 11.6. The van der Waals surface area contributed by atoms with Gasteiger partial charge in [0.2, 0.25) is 0 Å². The number of nitrogen functional groups attached to an aromatic ring is 1. The van der Waals surface area contributed by atoms with E-state index in [1.807, 2.05) is 46.8 Å². The highest BCUT2D eigenvalue weighted by Crippen LogP contribution is 2.37. The van der Waals surface area contributed by atoms with Crippen molar-refractivity contribution in [3.63, 3.8) is 0 Å². The third-order valence-electron chi connectivity index (χ3n) is 4.72. The molecule has 0 saturated heterocycles. The monoisotopic (exact) mass is 306 g/mol. The van der Waals surface area contributed by atoms with Gasteiger partial charge in [-0.1, -0.05) is 0 Å². The Kier molecular flexibility index (Phi) is 3.99. The number of nitrogens with zero attached hydrogens (tertiary/aromatic N) is 2. The van der Waals surface area contributed by atoms with Crippen molar-refractivity contribution in [1.29, 1.82) is 10.5 Å². The molecule has 0 spiro atoms. The molecule has 0 aliphatic heterocycles. The van der Waals surface area contributed by atoms with Crippen LogP contribution in [0.4, 0.5) is 5.82 Å². The normalized spacial score (nSPS) is 10.2. The first-order valence-electron chi connectivity index (χ1n) is 7.19. The third kappa shape index (κ3) is 2.27. The first-order valence-corrected chi connectivity index (χ1v) is 7.19. The van der Waals surface area contributed by atoms with Gasteiger partial charge in [0.25, 0.3) is 5.56 Å². The molecule has 1 aromatic carbocycles. The number of anilines is 1. The van der Waals surface area contributed by atoms with Crippen LogP contribution in [0, 0.1) is 57.3 Å². The summed E-state index contributed by atoms with van der Waals surface area (Å²) in [6.45, 7) is 9.90. The van der Waals surface area contributed by atoms with Gasteiger partial charge in [-0.15, -0.1) is 0 Å². The predicted molar refractivity (Wildman–Crippen MR) is 90.0 cm³/mol. The third-order valence-corrected chi connectivity index (χ3v) is 4.72.